The van der Waals surface area contributed by atoms with Gasteiger partial charge < -0.3 is 4.42 Å². The second kappa shape index (κ2) is 4.97. The number of aromatic nitrogens is 2. The first kappa shape index (κ1) is 11.6. The van der Waals surface area contributed by atoms with Crippen LogP contribution in [0.15, 0.2) is 47.7 Å². The Hall–Kier alpha value is -1.87. The molecule has 0 saturated heterocycles. The van der Waals surface area contributed by atoms with Crippen LogP contribution < -0.4 is 0 Å². The van der Waals surface area contributed by atoms with Crippen LogP contribution >= 0.6 is 11.6 Å². The van der Waals surface area contributed by atoms with E-state index in [0.717, 1.165) is 5.57 Å². The average molecular weight is 247 g/mol. The summed E-state index contributed by atoms with van der Waals surface area (Å²) < 4.78 is 5.59. The molecule has 2 heterocycles. The third-order valence-corrected chi connectivity index (χ3v) is 2.55. The summed E-state index contributed by atoms with van der Waals surface area (Å²) in [6.07, 6.45) is 8.85. The molecular weight excluding hydrogens is 236 g/mol. The Kier molecular flexibility index (Phi) is 3.40. The molecule has 0 saturated carbocycles. The maximum Gasteiger partial charge on any atom is 0.231 e. The van der Waals surface area contributed by atoms with E-state index < -0.39 is 0 Å². The van der Waals surface area contributed by atoms with Crippen LogP contribution in [-0.4, -0.2) is 9.97 Å². The topological polar surface area (TPSA) is 38.9 Å². The van der Waals surface area contributed by atoms with Crippen molar-refractivity contribution in [2.75, 3.05) is 0 Å². The summed E-state index contributed by atoms with van der Waals surface area (Å²) in [4.78, 5) is 7.92. The van der Waals surface area contributed by atoms with Crippen molar-refractivity contribution in [2.45, 2.75) is 6.92 Å². The molecule has 2 rings (SSSR count). The van der Waals surface area contributed by atoms with E-state index in [2.05, 4.69) is 16.5 Å². The van der Waals surface area contributed by atoms with Gasteiger partial charge in [0.05, 0.1) is 5.39 Å². The molecule has 0 amide bonds. The van der Waals surface area contributed by atoms with E-state index in [1.165, 1.54) is 6.33 Å². The van der Waals surface area contributed by atoms with Crippen molar-refractivity contribution in [1.29, 1.82) is 0 Å². The monoisotopic (exact) mass is 246 g/mol. The second-order valence-electron chi connectivity index (χ2n) is 3.35. The third kappa shape index (κ3) is 2.29. The summed E-state index contributed by atoms with van der Waals surface area (Å²) in [6.45, 7) is 5.69. The Morgan fingerprint density at radius 1 is 1.47 bits per heavy atom. The van der Waals surface area contributed by atoms with E-state index >= 15 is 0 Å². The molecule has 0 fully saturated rings. The van der Waals surface area contributed by atoms with Crippen molar-refractivity contribution in [3.8, 4) is 0 Å². The van der Waals surface area contributed by atoms with E-state index in [-0.39, 0.29) is 0 Å². The summed E-state index contributed by atoms with van der Waals surface area (Å²) >= 11 is 5.95. The van der Waals surface area contributed by atoms with Crippen LogP contribution in [0.2, 0.25) is 5.15 Å². The lowest BCUT2D eigenvalue weighted by Crippen LogP contribution is -1.77. The standard InChI is InChI=1S/C13H11ClN2O/c1-3-5-6-9(4-2)11-7-10-12(14)15-8-16-13(10)17-11/h3-8H,2H2,1H3/b5-3-,9-6+. The van der Waals surface area contributed by atoms with Crippen LogP contribution in [0.1, 0.15) is 12.7 Å². The van der Waals surface area contributed by atoms with E-state index in [4.69, 9.17) is 16.0 Å². The highest BCUT2D eigenvalue weighted by atomic mass is 35.5. The minimum Gasteiger partial charge on any atom is -0.438 e. The van der Waals surface area contributed by atoms with Crippen molar-refractivity contribution in [2.24, 2.45) is 0 Å². The fourth-order valence-electron chi connectivity index (χ4n) is 1.42. The number of nitrogens with zero attached hydrogens (tertiary/aromatic N) is 2. The van der Waals surface area contributed by atoms with E-state index in [9.17, 15) is 0 Å². The number of hydrogen-bond donors (Lipinski definition) is 0. The van der Waals surface area contributed by atoms with Crippen molar-refractivity contribution in [1.82, 2.24) is 9.97 Å². The van der Waals surface area contributed by atoms with Crippen LogP contribution in [0.3, 0.4) is 0 Å². The number of furan rings is 1. The molecule has 4 heteroatoms. The van der Waals surface area contributed by atoms with Crippen LogP contribution in [0.25, 0.3) is 16.7 Å². The third-order valence-electron chi connectivity index (χ3n) is 2.25. The summed E-state index contributed by atoms with van der Waals surface area (Å²) in [6, 6.07) is 1.81. The van der Waals surface area contributed by atoms with Gasteiger partial charge in [-0.25, -0.2) is 9.97 Å². The minimum atomic E-state index is 0.388. The maximum atomic E-state index is 5.95. The van der Waals surface area contributed by atoms with Gasteiger partial charge in [0.2, 0.25) is 5.71 Å². The van der Waals surface area contributed by atoms with Crippen LogP contribution in [-0.2, 0) is 0 Å². The van der Waals surface area contributed by atoms with Gasteiger partial charge in [0.15, 0.2) is 0 Å². The molecule has 2 aromatic heterocycles. The highest BCUT2D eigenvalue weighted by Gasteiger charge is 2.10. The van der Waals surface area contributed by atoms with Crippen molar-refractivity contribution in [3.63, 3.8) is 0 Å². The van der Waals surface area contributed by atoms with Gasteiger partial charge in [0.25, 0.3) is 0 Å². The number of halogens is 1. The Morgan fingerprint density at radius 3 is 2.94 bits per heavy atom. The molecule has 0 atom stereocenters. The molecular formula is C13H11ClN2O. The number of hydrogen-bond acceptors (Lipinski definition) is 3. The Morgan fingerprint density at radius 2 is 2.29 bits per heavy atom. The molecule has 0 N–H and O–H groups in total. The van der Waals surface area contributed by atoms with Crippen molar-refractivity contribution in [3.05, 3.63) is 54.2 Å². The van der Waals surface area contributed by atoms with Crippen LogP contribution in [0, 0.1) is 0 Å². The molecule has 17 heavy (non-hydrogen) atoms. The molecule has 0 aliphatic rings. The summed E-state index contributed by atoms with van der Waals surface area (Å²) in [5, 5.41) is 1.09. The molecule has 0 aromatic carbocycles. The number of fused-ring (bicyclic) bond motifs is 1. The molecule has 0 spiro atoms. The van der Waals surface area contributed by atoms with Gasteiger partial charge in [-0.2, -0.15) is 0 Å². The van der Waals surface area contributed by atoms with Gasteiger partial charge in [-0.15, -0.1) is 0 Å². The minimum absolute atomic E-state index is 0.388. The van der Waals surface area contributed by atoms with Gasteiger partial charge in [-0.3, -0.25) is 0 Å². The molecule has 0 unspecified atom stereocenters. The van der Waals surface area contributed by atoms with Gasteiger partial charge in [0, 0.05) is 5.57 Å². The quantitative estimate of drug-likeness (QED) is 0.606. The molecule has 2 aromatic rings. The Labute approximate surface area is 104 Å². The first-order valence-electron chi connectivity index (χ1n) is 5.12. The SMILES string of the molecule is C=C/C(=C\C=C/C)c1cc2c(Cl)ncnc2o1. The van der Waals surface area contributed by atoms with Gasteiger partial charge in [-0.1, -0.05) is 42.5 Å². The zero-order valence-electron chi connectivity index (χ0n) is 9.35. The smallest absolute Gasteiger partial charge is 0.231 e. The lowest BCUT2D eigenvalue weighted by molar-refractivity contribution is 0.588. The molecule has 0 aliphatic heterocycles. The van der Waals surface area contributed by atoms with Crippen LogP contribution in [0.5, 0.6) is 0 Å². The fraction of sp³-hybridized carbons (Fsp3) is 0.0769. The molecule has 86 valence electrons. The first-order chi connectivity index (χ1) is 8.26. The molecule has 0 aliphatic carbocycles. The van der Waals surface area contributed by atoms with E-state index in [1.54, 1.807) is 6.08 Å². The highest BCUT2D eigenvalue weighted by Crippen LogP contribution is 2.27. The Balaban J connectivity index is 2.56. The molecule has 0 radical (unpaired) electrons. The van der Waals surface area contributed by atoms with E-state index in [1.807, 2.05) is 31.2 Å². The highest BCUT2D eigenvalue weighted by molar-refractivity contribution is 6.33. The number of allylic oxidation sites excluding steroid dienone is 5. The van der Waals surface area contributed by atoms with Gasteiger partial charge >= 0.3 is 0 Å². The molecule has 3 nitrogen and oxygen atoms in total. The predicted molar refractivity (Wildman–Crippen MR) is 69.8 cm³/mol. The van der Waals surface area contributed by atoms with Crippen LogP contribution in [0.4, 0.5) is 0 Å². The zero-order chi connectivity index (χ0) is 12.3. The average Bonchev–Trinajstić information content (AvgIpc) is 2.75. The second-order valence-corrected chi connectivity index (χ2v) is 3.70. The summed E-state index contributed by atoms with van der Waals surface area (Å²) in [5.74, 6) is 0.676. The molecule has 0 bridgehead atoms. The zero-order valence-corrected chi connectivity index (χ0v) is 10.1. The van der Waals surface area contributed by atoms with Gasteiger partial charge in [0.1, 0.15) is 17.2 Å². The largest absolute Gasteiger partial charge is 0.438 e. The van der Waals surface area contributed by atoms with Gasteiger partial charge in [-0.05, 0) is 13.0 Å². The normalized spacial score (nSPS) is 12.5. The lowest BCUT2D eigenvalue weighted by Gasteiger charge is -1.93. The lowest BCUT2D eigenvalue weighted by atomic mass is 10.2. The predicted octanol–water partition coefficient (Wildman–Crippen LogP) is 4.02. The van der Waals surface area contributed by atoms with Crippen molar-refractivity contribution < 1.29 is 4.42 Å². The number of rotatable bonds is 3. The van der Waals surface area contributed by atoms with E-state index in [0.29, 0.717) is 22.0 Å². The first-order valence-corrected chi connectivity index (χ1v) is 5.50. The summed E-state index contributed by atoms with van der Waals surface area (Å²) in [5.41, 5.74) is 1.35. The van der Waals surface area contributed by atoms with Crippen molar-refractivity contribution >= 4 is 28.3 Å². The fourth-order valence-corrected chi connectivity index (χ4v) is 1.60. The summed E-state index contributed by atoms with van der Waals surface area (Å²) in [7, 11) is 0. The Bertz CT molecular complexity index is 611. The maximum absolute atomic E-state index is 5.95.